The lowest BCUT2D eigenvalue weighted by Gasteiger charge is -2.06. The Labute approximate surface area is 105 Å². The van der Waals surface area contributed by atoms with Crippen molar-refractivity contribution in [2.75, 3.05) is 0 Å². The van der Waals surface area contributed by atoms with Crippen molar-refractivity contribution in [3.63, 3.8) is 0 Å². The molecule has 1 atom stereocenters. The number of hydrogen-bond donors (Lipinski definition) is 1. The first kappa shape index (κ1) is 11.0. The highest BCUT2D eigenvalue weighted by Crippen LogP contribution is 2.30. The molecule has 3 rings (SSSR count). The van der Waals surface area contributed by atoms with Crippen molar-refractivity contribution in [1.29, 1.82) is 0 Å². The van der Waals surface area contributed by atoms with Crippen LogP contribution in [0.4, 0.5) is 0 Å². The van der Waals surface area contributed by atoms with Crippen molar-refractivity contribution in [1.82, 2.24) is 9.78 Å². The number of nitrogens with two attached hydrogens (primary N) is 1. The van der Waals surface area contributed by atoms with Gasteiger partial charge in [0.05, 0.1) is 12.2 Å². The Morgan fingerprint density at radius 2 is 2.11 bits per heavy atom. The zero-order valence-electron chi connectivity index (χ0n) is 10.4. The van der Waals surface area contributed by atoms with Crippen LogP contribution < -0.4 is 5.73 Å². The summed E-state index contributed by atoms with van der Waals surface area (Å²) in [7, 11) is 1.88. The molecule has 2 heterocycles. The Balaban J connectivity index is 2.11. The maximum absolute atomic E-state index is 6.25. The molecule has 0 saturated heterocycles. The highest BCUT2D eigenvalue weighted by molar-refractivity contribution is 5.82. The average molecular weight is 241 g/mol. The number of para-hydroxylation sites is 1. The van der Waals surface area contributed by atoms with Gasteiger partial charge in [-0.2, -0.15) is 5.10 Å². The van der Waals surface area contributed by atoms with Crippen LogP contribution in [-0.4, -0.2) is 9.78 Å². The molecule has 0 amide bonds. The highest BCUT2D eigenvalue weighted by atomic mass is 16.3. The fourth-order valence-corrected chi connectivity index (χ4v) is 2.24. The number of aryl methyl sites for hydroxylation is 2. The molecular formula is C14H15N3O. The van der Waals surface area contributed by atoms with E-state index in [1.165, 1.54) is 0 Å². The van der Waals surface area contributed by atoms with Crippen LogP contribution in [0.2, 0.25) is 0 Å². The topological polar surface area (TPSA) is 57.0 Å². The Morgan fingerprint density at radius 3 is 2.78 bits per heavy atom. The van der Waals surface area contributed by atoms with Gasteiger partial charge in [-0.25, -0.2) is 0 Å². The molecule has 1 unspecified atom stereocenters. The van der Waals surface area contributed by atoms with E-state index in [-0.39, 0.29) is 6.04 Å². The second kappa shape index (κ2) is 3.99. The molecule has 0 aliphatic carbocycles. The Morgan fingerprint density at radius 1 is 1.33 bits per heavy atom. The molecule has 0 aliphatic heterocycles. The summed E-state index contributed by atoms with van der Waals surface area (Å²) >= 11 is 0. The number of aromatic nitrogens is 2. The van der Waals surface area contributed by atoms with Crippen LogP contribution in [0.15, 0.2) is 41.1 Å². The first-order valence-corrected chi connectivity index (χ1v) is 5.89. The van der Waals surface area contributed by atoms with Crippen LogP contribution in [0.3, 0.4) is 0 Å². The van der Waals surface area contributed by atoms with Crippen LogP contribution >= 0.6 is 0 Å². The van der Waals surface area contributed by atoms with Crippen molar-refractivity contribution >= 4 is 11.0 Å². The summed E-state index contributed by atoms with van der Waals surface area (Å²) in [5, 5.41) is 5.26. The summed E-state index contributed by atoms with van der Waals surface area (Å²) in [4.78, 5) is 0. The number of nitrogens with zero attached hydrogens (tertiary/aromatic N) is 2. The van der Waals surface area contributed by atoms with Crippen molar-refractivity contribution < 1.29 is 4.42 Å². The van der Waals surface area contributed by atoms with E-state index in [1.54, 1.807) is 10.9 Å². The van der Waals surface area contributed by atoms with Gasteiger partial charge in [0.2, 0.25) is 0 Å². The third kappa shape index (κ3) is 1.62. The van der Waals surface area contributed by atoms with E-state index in [9.17, 15) is 0 Å². The third-order valence-electron chi connectivity index (χ3n) is 3.25. The van der Waals surface area contributed by atoms with Gasteiger partial charge in [0, 0.05) is 29.8 Å². The Bertz CT molecular complexity index is 696. The lowest BCUT2D eigenvalue weighted by molar-refractivity contribution is 0.521. The lowest BCUT2D eigenvalue weighted by atomic mass is 10.0. The highest BCUT2D eigenvalue weighted by Gasteiger charge is 2.19. The minimum atomic E-state index is -0.272. The average Bonchev–Trinajstić information content (AvgIpc) is 2.94. The van der Waals surface area contributed by atoms with Crippen molar-refractivity contribution in [2.45, 2.75) is 13.0 Å². The summed E-state index contributed by atoms with van der Waals surface area (Å²) in [5.74, 6) is 0.809. The molecule has 4 nitrogen and oxygen atoms in total. The van der Waals surface area contributed by atoms with Gasteiger partial charge in [0.25, 0.3) is 0 Å². The van der Waals surface area contributed by atoms with Crippen LogP contribution in [0, 0.1) is 6.92 Å². The molecule has 4 heteroatoms. The molecule has 18 heavy (non-hydrogen) atoms. The second-order valence-electron chi connectivity index (χ2n) is 4.51. The van der Waals surface area contributed by atoms with E-state index in [4.69, 9.17) is 10.2 Å². The SMILES string of the molecule is Cc1c(C(N)c2cnn(C)c2)oc2ccccc12. The number of rotatable bonds is 2. The molecular weight excluding hydrogens is 226 g/mol. The molecule has 3 aromatic rings. The largest absolute Gasteiger partial charge is 0.459 e. The molecule has 1 aromatic carbocycles. The van der Waals surface area contributed by atoms with Gasteiger partial charge in [-0.1, -0.05) is 18.2 Å². The normalized spacial score (nSPS) is 13.1. The summed E-state index contributed by atoms with van der Waals surface area (Å²) in [6.07, 6.45) is 3.69. The van der Waals surface area contributed by atoms with Gasteiger partial charge < -0.3 is 10.2 Å². The van der Waals surface area contributed by atoms with Crippen molar-refractivity contribution in [3.05, 3.63) is 53.5 Å². The van der Waals surface area contributed by atoms with Crippen molar-refractivity contribution in [2.24, 2.45) is 12.8 Å². The summed E-state index contributed by atoms with van der Waals surface area (Å²) < 4.78 is 7.61. The molecule has 0 spiro atoms. The predicted octanol–water partition coefficient (Wildman–Crippen LogP) is 2.52. The van der Waals surface area contributed by atoms with Gasteiger partial charge in [0.1, 0.15) is 11.3 Å². The first-order chi connectivity index (χ1) is 8.66. The maximum atomic E-state index is 6.25. The number of furan rings is 1. The zero-order chi connectivity index (χ0) is 12.7. The molecule has 2 N–H and O–H groups in total. The fourth-order valence-electron chi connectivity index (χ4n) is 2.24. The lowest BCUT2D eigenvalue weighted by Crippen LogP contribution is -2.11. The van der Waals surface area contributed by atoms with E-state index in [1.807, 2.05) is 44.4 Å². The number of hydrogen-bond acceptors (Lipinski definition) is 3. The monoisotopic (exact) mass is 241 g/mol. The van der Waals surface area contributed by atoms with E-state index in [0.29, 0.717) is 0 Å². The molecule has 0 radical (unpaired) electrons. The van der Waals surface area contributed by atoms with Crippen molar-refractivity contribution in [3.8, 4) is 0 Å². The smallest absolute Gasteiger partial charge is 0.134 e. The minimum Gasteiger partial charge on any atom is -0.459 e. The van der Waals surface area contributed by atoms with Crippen LogP contribution in [0.25, 0.3) is 11.0 Å². The van der Waals surface area contributed by atoms with Crippen LogP contribution in [0.5, 0.6) is 0 Å². The molecule has 2 aromatic heterocycles. The Kier molecular flexibility index (Phi) is 2.45. The van der Waals surface area contributed by atoms with Gasteiger partial charge in [-0.3, -0.25) is 4.68 Å². The first-order valence-electron chi connectivity index (χ1n) is 5.89. The minimum absolute atomic E-state index is 0.272. The van der Waals surface area contributed by atoms with Gasteiger partial charge in [0.15, 0.2) is 0 Å². The summed E-state index contributed by atoms with van der Waals surface area (Å²) in [6, 6.07) is 7.70. The van der Waals surface area contributed by atoms with Crippen LogP contribution in [0.1, 0.15) is 22.9 Å². The van der Waals surface area contributed by atoms with Gasteiger partial charge in [-0.15, -0.1) is 0 Å². The third-order valence-corrected chi connectivity index (χ3v) is 3.25. The molecule has 0 fully saturated rings. The van der Waals surface area contributed by atoms with Gasteiger partial charge in [-0.05, 0) is 13.0 Å². The molecule has 92 valence electrons. The Hall–Kier alpha value is -2.07. The van der Waals surface area contributed by atoms with Crippen LogP contribution in [-0.2, 0) is 7.05 Å². The van der Waals surface area contributed by atoms with E-state index < -0.39 is 0 Å². The second-order valence-corrected chi connectivity index (χ2v) is 4.51. The maximum Gasteiger partial charge on any atom is 0.134 e. The quantitative estimate of drug-likeness (QED) is 0.750. The van der Waals surface area contributed by atoms with Gasteiger partial charge >= 0.3 is 0 Å². The number of fused-ring (bicyclic) bond motifs is 1. The van der Waals surface area contributed by atoms with E-state index >= 15 is 0 Å². The summed E-state index contributed by atoms with van der Waals surface area (Å²) in [6.45, 7) is 2.04. The summed E-state index contributed by atoms with van der Waals surface area (Å²) in [5.41, 5.74) is 9.18. The predicted molar refractivity (Wildman–Crippen MR) is 70.2 cm³/mol. The standard InChI is InChI=1S/C14H15N3O/c1-9-11-5-3-4-6-12(11)18-14(9)13(15)10-7-16-17(2)8-10/h3-8,13H,15H2,1-2H3. The molecule has 0 aliphatic rings. The molecule has 0 saturated carbocycles. The fraction of sp³-hybridized carbons (Fsp3) is 0.214. The zero-order valence-corrected chi connectivity index (χ0v) is 10.4. The molecule has 0 bridgehead atoms. The number of benzene rings is 1. The van der Waals surface area contributed by atoms with E-state index in [2.05, 4.69) is 5.10 Å². The van der Waals surface area contributed by atoms with E-state index in [0.717, 1.165) is 27.9 Å².